The van der Waals surface area contributed by atoms with Gasteiger partial charge in [-0.05, 0) is 45.4 Å². The fourth-order valence-electron chi connectivity index (χ4n) is 2.84. The number of hydrogen-bond acceptors (Lipinski definition) is 6. The highest BCUT2D eigenvalue weighted by atomic mass is 16.6. The zero-order valence-electron chi connectivity index (χ0n) is 17.2. The van der Waals surface area contributed by atoms with Crippen molar-refractivity contribution in [2.75, 3.05) is 5.32 Å². The Morgan fingerprint density at radius 3 is 2.45 bits per heavy atom. The minimum atomic E-state index is -0.586. The summed E-state index contributed by atoms with van der Waals surface area (Å²) in [5, 5.41) is 3.44. The van der Waals surface area contributed by atoms with Gasteiger partial charge in [0.2, 0.25) is 0 Å². The van der Waals surface area contributed by atoms with Gasteiger partial charge in [0.25, 0.3) is 0 Å². The summed E-state index contributed by atoms with van der Waals surface area (Å²) in [7, 11) is 0. The fourth-order valence-corrected chi connectivity index (χ4v) is 2.84. The normalized spacial score (nSPS) is 11.3. The Morgan fingerprint density at radius 2 is 1.79 bits per heavy atom. The maximum absolute atomic E-state index is 11.9. The first kappa shape index (κ1) is 20.4. The topological polar surface area (TPSA) is 94.1 Å². The fraction of sp³-hybridized carbons (Fsp3) is 0.318. The number of ether oxygens (including phenoxy) is 1. The minimum absolute atomic E-state index is 0.0190. The van der Waals surface area contributed by atoms with Gasteiger partial charge in [-0.1, -0.05) is 6.92 Å². The van der Waals surface area contributed by atoms with Gasteiger partial charge in [0, 0.05) is 47.6 Å². The van der Waals surface area contributed by atoms with E-state index in [4.69, 9.17) is 4.74 Å². The molecular formula is C22H24N4O3. The standard InChI is InChI=1S/C22H24N4O3/c1-6-19(27)18-7-13(2)16(12-24-18)14-8-15-11-25-20(9-17(15)23-10-14)26-21(28)29-22(3,4)5/h7-12H,6H2,1-5H3,(H,25,26,28). The van der Waals surface area contributed by atoms with Crippen LogP contribution in [0.25, 0.3) is 22.0 Å². The average Bonchev–Trinajstić information content (AvgIpc) is 2.65. The Hall–Kier alpha value is -3.35. The van der Waals surface area contributed by atoms with Crippen LogP contribution in [0.1, 0.15) is 50.2 Å². The van der Waals surface area contributed by atoms with Crippen molar-refractivity contribution in [2.24, 2.45) is 0 Å². The lowest BCUT2D eigenvalue weighted by atomic mass is 10.0. The lowest BCUT2D eigenvalue weighted by molar-refractivity contribution is 0.0635. The van der Waals surface area contributed by atoms with Crippen LogP contribution in [-0.4, -0.2) is 32.4 Å². The summed E-state index contributed by atoms with van der Waals surface area (Å²) in [5.74, 6) is 0.387. The van der Waals surface area contributed by atoms with E-state index in [1.54, 1.807) is 51.5 Å². The maximum Gasteiger partial charge on any atom is 0.413 e. The van der Waals surface area contributed by atoms with Crippen LogP contribution in [0.3, 0.4) is 0 Å². The molecule has 7 nitrogen and oxygen atoms in total. The molecular weight excluding hydrogens is 368 g/mol. The van der Waals surface area contributed by atoms with Crippen LogP contribution in [0.15, 0.2) is 36.8 Å². The number of amides is 1. The molecule has 3 rings (SSSR count). The molecule has 1 N–H and O–H groups in total. The summed E-state index contributed by atoms with van der Waals surface area (Å²) in [5.41, 5.74) is 3.32. The number of fused-ring (bicyclic) bond motifs is 1. The second-order valence-electron chi connectivity index (χ2n) is 7.77. The molecule has 7 heteroatoms. The minimum Gasteiger partial charge on any atom is -0.444 e. The number of hydrogen-bond donors (Lipinski definition) is 1. The molecule has 0 aliphatic carbocycles. The van der Waals surface area contributed by atoms with Crippen molar-refractivity contribution in [3.63, 3.8) is 0 Å². The molecule has 0 aliphatic heterocycles. The first-order valence-corrected chi connectivity index (χ1v) is 9.42. The summed E-state index contributed by atoms with van der Waals surface area (Å²) in [4.78, 5) is 36.8. The van der Waals surface area contributed by atoms with Crippen molar-refractivity contribution in [1.29, 1.82) is 0 Å². The highest BCUT2D eigenvalue weighted by Crippen LogP contribution is 2.26. The molecule has 0 radical (unpaired) electrons. The predicted octanol–water partition coefficient (Wildman–Crippen LogP) is 4.94. The molecule has 1 amide bonds. The smallest absolute Gasteiger partial charge is 0.413 e. The van der Waals surface area contributed by atoms with Gasteiger partial charge >= 0.3 is 6.09 Å². The summed E-state index contributed by atoms with van der Waals surface area (Å²) in [6.45, 7) is 9.15. The third kappa shape index (κ3) is 4.93. The number of anilines is 1. The monoisotopic (exact) mass is 392 g/mol. The lowest BCUT2D eigenvalue weighted by Crippen LogP contribution is -2.27. The van der Waals surface area contributed by atoms with Gasteiger partial charge in [0.1, 0.15) is 17.1 Å². The van der Waals surface area contributed by atoms with Crippen LogP contribution < -0.4 is 5.32 Å². The van der Waals surface area contributed by atoms with E-state index in [0.29, 0.717) is 23.4 Å². The molecule has 0 atom stereocenters. The van der Waals surface area contributed by atoms with E-state index in [-0.39, 0.29) is 5.78 Å². The third-order valence-corrected chi connectivity index (χ3v) is 4.22. The first-order valence-electron chi connectivity index (χ1n) is 9.42. The van der Waals surface area contributed by atoms with E-state index in [0.717, 1.165) is 22.1 Å². The number of carbonyl (C=O) groups excluding carboxylic acids is 2. The summed E-state index contributed by atoms with van der Waals surface area (Å²) >= 11 is 0. The van der Waals surface area contributed by atoms with Gasteiger partial charge in [0.15, 0.2) is 5.78 Å². The van der Waals surface area contributed by atoms with Crippen molar-refractivity contribution in [3.8, 4) is 11.1 Å². The molecule has 0 aromatic carbocycles. The molecule has 0 saturated heterocycles. The molecule has 0 unspecified atom stereocenters. The van der Waals surface area contributed by atoms with Gasteiger partial charge < -0.3 is 4.74 Å². The number of pyridine rings is 3. The Balaban J connectivity index is 1.86. The number of ketones is 1. The number of aryl methyl sites for hydroxylation is 1. The molecule has 150 valence electrons. The third-order valence-electron chi connectivity index (χ3n) is 4.22. The predicted molar refractivity (Wildman–Crippen MR) is 112 cm³/mol. The van der Waals surface area contributed by atoms with Gasteiger partial charge in [-0.2, -0.15) is 0 Å². The Bertz CT molecular complexity index is 1090. The van der Waals surface area contributed by atoms with Crippen molar-refractivity contribution >= 4 is 28.6 Å². The van der Waals surface area contributed by atoms with Gasteiger partial charge in [0.05, 0.1) is 5.52 Å². The Morgan fingerprint density at radius 1 is 1.03 bits per heavy atom. The number of aromatic nitrogens is 3. The molecule has 29 heavy (non-hydrogen) atoms. The highest BCUT2D eigenvalue weighted by molar-refractivity contribution is 5.95. The molecule has 0 spiro atoms. The first-order chi connectivity index (χ1) is 13.7. The summed E-state index contributed by atoms with van der Waals surface area (Å²) < 4.78 is 5.24. The largest absolute Gasteiger partial charge is 0.444 e. The van der Waals surface area contributed by atoms with E-state index in [2.05, 4.69) is 20.3 Å². The van der Waals surface area contributed by atoms with Crippen LogP contribution in [0.4, 0.5) is 10.6 Å². The maximum atomic E-state index is 11.9. The zero-order chi connectivity index (χ0) is 21.2. The molecule has 0 fully saturated rings. The summed E-state index contributed by atoms with van der Waals surface area (Å²) in [6, 6.07) is 5.45. The SMILES string of the molecule is CCC(=O)c1cc(C)c(-c2cnc3cc(NC(=O)OC(C)(C)C)ncc3c2)cn1. The second kappa shape index (κ2) is 7.95. The molecule has 0 saturated carbocycles. The van der Waals surface area contributed by atoms with Crippen LogP contribution >= 0.6 is 0 Å². The summed E-state index contributed by atoms with van der Waals surface area (Å²) in [6.07, 6.45) is 4.95. The van der Waals surface area contributed by atoms with E-state index in [1.807, 2.05) is 19.9 Å². The van der Waals surface area contributed by atoms with E-state index < -0.39 is 11.7 Å². The van der Waals surface area contributed by atoms with Gasteiger partial charge in [-0.3, -0.25) is 20.1 Å². The number of Topliss-reactive ketones (excluding diaryl/α,β-unsaturated/α-hetero) is 1. The quantitative estimate of drug-likeness (QED) is 0.632. The van der Waals surface area contributed by atoms with Gasteiger partial charge in [-0.25, -0.2) is 9.78 Å². The van der Waals surface area contributed by atoms with Crippen molar-refractivity contribution < 1.29 is 14.3 Å². The highest BCUT2D eigenvalue weighted by Gasteiger charge is 2.17. The number of nitrogens with zero attached hydrogens (tertiary/aromatic N) is 3. The number of rotatable bonds is 4. The van der Waals surface area contributed by atoms with Crippen LogP contribution in [-0.2, 0) is 4.74 Å². The Kier molecular flexibility index (Phi) is 5.59. The average molecular weight is 392 g/mol. The van der Waals surface area contributed by atoms with Gasteiger partial charge in [-0.15, -0.1) is 0 Å². The molecule has 3 aromatic rings. The second-order valence-corrected chi connectivity index (χ2v) is 7.77. The van der Waals surface area contributed by atoms with E-state index >= 15 is 0 Å². The number of carbonyl (C=O) groups is 2. The van der Waals surface area contributed by atoms with Crippen LogP contribution in [0, 0.1) is 6.92 Å². The van der Waals surface area contributed by atoms with Crippen molar-refractivity contribution in [2.45, 2.75) is 46.6 Å². The van der Waals surface area contributed by atoms with Crippen LogP contribution in [0.2, 0.25) is 0 Å². The molecule has 0 bridgehead atoms. The molecule has 3 aromatic heterocycles. The van der Waals surface area contributed by atoms with Crippen LogP contribution in [0.5, 0.6) is 0 Å². The van der Waals surface area contributed by atoms with E-state index in [1.165, 1.54) is 0 Å². The Labute approximate surface area is 169 Å². The van der Waals surface area contributed by atoms with Crippen molar-refractivity contribution in [3.05, 3.63) is 48.0 Å². The van der Waals surface area contributed by atoms with E-state index in [9.17, 15) is 9.59 Å². The molecule has 3 heterocycles. The van der Waals surface area contributed by atoms with Crippen molar-refractivity contribution in [1.82, 2.24) is 15.0 Å². The lowest BCUT2D eigenvalue weighted by Gasteiger charge is -2.19. The number of nitrogens with one attached hydrogen (secondary N) is 1. The zero-order valence-corrected chi connectivity index (χ0v) is 17.2. The molecule has 0 aliphatic rings.